The SMILES string of the molecule is COc1ccc(/C=C/C(=O)N2CCCc3ccccc32)cc1N. The largest absolute Gasteiger partial charge is 0.495 e. The molecule has 2 N–H and O–H groups in total. The molecule has 2 aromatic rings. The molecule has 0 spiro atoms. The fourth-order valence-corrected chi connectivity index (χ4v) is 2.88. The van der Waals surface area contributed by atoms with Crippen molar-refractivity contribution in [3.63, 3.8) is 0 Å². The minimum atomic E-state index is -0.00783. The Bertz CT molecular complexity index is 753. The van der Waals surface area contributed by atoms with Crippen LogP contribution in [0.5, 0.6) is 5.75 Å². The zero-order chi connectivity index (χ0) is 16.2. The van der Waals surface area contributed by atoms with Gasteiger partial charge in [0.05, 0.1) is 12.8 Å². The summed E-state index contributed by atoms with van der Waals surface area (Å²) in [4.78, 5) is 14.4. The minimum Gasteiger partial charge on any atom is -0.495 e. The Hall–Kier alpha value is -2.75. The number of fused-ring (bicyclic) bond motifs is 1. The van der Waals surface area contributed by atoms with Crippen LogP contribution in [-0.2, 0) is 11.2 Å². The number of hydrogen-bond donors (Lipinski definition) is 1. The Morgan fingerprint density at radius 2 is 2.09 bits per heavy atom. The fraction of sp³-hybridized carbons (Fsp3) is 0.211. The number of nitrogens with two attached hydrogens (primary N) is 1. The molecule has 0 aliphatic carbocycles. The predicted molar refractivity (Wildman–Crippen MR) is 93.6 cm³/mol. The molecule has 2 aromatic carbocycles. The third kappa shape index (κ3) is 3.21. The Morgan fingerprint density at radius 3 is 2.87 bits per heavy atom. The fourth-order valence-electron chi connectivity index (χ4n) is 2.88. The molecule has 0 saturated carbocycles. The van der Waals surface area contributed by atoms with Gasteiger partial charge in [0.2, 0.25) is 0 Å². The van der Waals surface area contributed by atoms with Gasteiger partial charge in [-0.15, -0.1) is 0 Å². The van der Waals surface area contributed by atoms with Gasteiger partial charge >= 0.3 is 0 Å². The van der Waals surface area contributed by atoms with Crippen LogP contribution >= 0.6 is 0 Å². The van der Waals surface area contributed by atoms with Crippen molar-refractivity contribution >= 4 is 23.4 Å². The van der Waals surface area contributed by atoms with Crippen LogP contribution in [0.1, 0.15) is 17.5 Å². The molecule has 1 aliphatic rings. The number of benzene rings is 2. The maximum Gasteiger partial charge on any atom is 0.250 e. The van der Waals surface area contributed by atoms with Crippen molar-refractivity contribution < 1.29 is 9.53 Å². The van der Waals surface area contributed by atoms with Crippen LogP contribution < -0.4 is 15.4 Å². The lowest BCUT2D eigenvalue weighted by Crippen LogP contribution is -2.34. The summed E-state index contributed by atoms with van der Waals surface area (Å²) in [5.74, 6) is 0.630. The topological polar surface area (TPSA) is 55.6 Å². The van der Waals surface area contributed by atoms with Crippen LogP contribution in [0.2, 0.25) is 0 Å². The molecule has 118 valence electrons. The number of carbonyl (C=O) groups is 1. The van der Waals surface area contributed by atoms with Crippen molar-refractivity contribution in [3.8, 4) is 5.75 Å². The third-order valence-electron chi connectivity index (χ3n) is 4.05. The van der Waals surface area contributed by atoms with Crippen LogP contribution in [0, 0.1) is 0 Å². The average Bonchev–Trinajstić information content (AvgIpc) is 2.59. The van der Waals surface area contributed by atoms with Crippen molar-refractivity contribution in [2.24, 2.45) is 0 Å². The van der Waals surface area contributed by atoms with Gasteiger partial charge in [-0.3, -0.25) is 4.79 Å². The Morgan fingerprint density at radius 1 is 1.26 bits per heavy atom. The van der Waals surface area contributed by atoms with E-state index in [1.807, 2.05) is 29.2 Å². The maximum atomic E-state index is 12.5. The highest BCUT2D eigenvalue weighted by molar-refractivity contribution is 6.04. The Kier molecular flexibility index (Phi) is 4.33. The number of methoxy groups -OCH3 is 1. The van der Waals surface area contributed by atoms with E-state index in [1.54, 1.807) is 31.4 Å². The molecule has 0 fully saturated rings. The lowest BCUT2D eigenvalue weighted by atomic mass is 10.0. The minimum absolute atomic E-state index is 0.00783. The first kappa shape index (κ1) is 15.2. The second-order valence-electron chi connectivity index (χ2n) is 5.56. The van der Waals surface area contributed by atoms with Gasteiger partial charge in [0.1, 0.15) is 5.75 Å². The van der Waals surface area contributed by atoms with E-state index in [4.69, 9.17) is 10.5 Å². The Balaban J connectivity index is 1.78. The van der Waals surface area contributed by atoms with E-state index in [0.29, 0.717) is 11.4 Å². The first-order valence-electron chi connectivity index (χ1n) is 7.70. The standard InChI is InChI=1S/C19H20N2O2/c1-23-18-10-8-14(13-16(18)20)9-11-19(22)21-12-4-6-15-5-2-3-7-17(15)21/h2-3,5,7-11,13H,4,6,12,20H2,1H3/b11-9+. The van der Waals surface area contributed by atoms with Gasteiger partial charge in [0.25, 0.3) is 5.91 Å². The van der Waals surface area contributed by atoms with Crippen molar-refractivity contribution in [3.05, 3.63) is 59.7 Å². The van der Waals surface area contributed by atoms with Crippen LogP contribution in [-0.4, -0.2) is 19.6 Å². The lowest BCUT2D eigenvalue weighted by Gasteiger charge is -2.28. The van der Waals surface area contributed by atoms with Gasteiger partial charge in [0.15, 0.2) is 0 Å². The molecule has 1 heterocycles. The average molecular weight is 308 g/mol. The molecule has 0 radical (unpaired) electrons. The highest BCUT2D eigenvalue weighted by Gasteiger charge is 2.20. The van der Waals surface area contributed by atoms with Gasteiger partial charge in [-0.2, -0.15) is 0 Å². The molecule has 1 amide bonds. The number of nitrogen functional groups attached to an aromatic ring is 1. The van der Waals surface area contributed by atoms with Crippen molar-refractivity contribution in [1.29, 1.82) is 0 Å². The molecule has 0 aromatic heterocycles. The summed E-state index contributed by atoms with van der Waals surface area (Å²) in [6, 6.07) is 13.6. The van der Waals surface area contributed by atoms with Crippen LogP contribution in [0.3, 0.4) is 0 Å². The second kappa shape index (κ2) is 6.57. The number of hydrogen-bond acceptors (Lipinski definition) is 3. The summed E-state index contributed by atoms with van der Waals surface area (Å²) in [7, 11) is 1.58. The second-order valence-corrected chi connectivity index (χ2v) is 5.56. The van der Waals surface area contributed by atoms with Crippen molar-refractivity contribution in [2.75, 3.05) is 24.3 Å². The summed E-state index contributed by atoms with van der Waals surface area (Å²) in [5, 5.41) is 0. The summed E-state index contributed by atoms with van der Waals surface area (Å²) in [5.41, 5.74) is 9.57. The number of para-hydroxylation sites is 1. The first-order chi connectivity index (χ1) is 11.2. The van der Waals surface area contributed by atoms with E-state index in [2.05, 4.69) is 6.07 Å². The molecule has 3 rings (SSSR count). The van der Waals surface area contributed by atoms with E-state index in [9.17, 15) is 4.79 Å². The van der Waals surface area contributed by atoms with Crippen LogP contribution in [0.4, 0.5) is 11.4 Å². The smallest absolute Gasteiger partial charge is 0.250 e. The highest BCUT2D eigenvalue weighted by atomic mass is 16.5. The molecular formula is C19H20N2O2. The van der Waals surface area contributed by atoms with Gasteiger partial charge < -0.3 is 15.4 Å². The number of carbonyl (C=O) groups excluding carboxylic acids is 1. The van der Waals surface area contributed by atoms with Gasteiger partial charge in [-0.05, 0) is 48.2 Å². The van der Waals surface area contributed by atoms with Gasteiger partial charge in [0, 0.05) is 18.3 Å². The zero-order valence-corrected chi connectivity index (χ0v) is 13.2. The maximum absolute atomic E-state index is 12.5. The van der Waals surface area contributed by atoms with Crippen LogP contribution in [0.25, 0.3) is 6.08 Å². The molecule has 0 atom stereocenters. The van der Waals surface area contributed by atoms with E-state index in [0.717, 1.165) is 30.6 Å². The first-order valence-corrected chi connectivity index (χ1v) is 7.70. The van der Waals surface area contributed by atoms with Gasteiger partial charge in [-0.25, -0.2) is 0 Å². The van der Waals surface area contributed by atoms with E-state index in [1.165, 1.54) is 5.56 Å². The molecule has 1 aliphatic heterocycles. The number of nitrogens with zero attached hydrogens (tertiary/aromatic N) is 1. The lowest BCUT2D eigenvalue weighted by molar-refractivity contribution is -0.114. The quantitative estimate of drug-likeness (QED) is 0.699. The third-order valence-corrected chi connectivity index (χ3v) is 4.05. The predicted octanol–water partition coefficient (Wildman–Crippen LogP) is 3.27. The molecular weight excluding hydrogens is 288 g/mol. The monoisotopic (exact) mass is 308 g/mol. The summed E-state index contributed by atoms with van der Waals surface area (Å²) < 4.78 is 5.14. The van der Waals surface area contributed by atoms with E-state index < -0.39 is 0 Å². The zero-order valence-electron chi connectivity index (χ0n) is 13.2. The number of amides is 1. The molecule has 0 bridgehead atoms. The molecule has 4 nitrogen and oxygen atoms in total. The Labute approximate surface area is 136 Å². The summed E-state index contributed by atoms with van der Waals surface area (Å²) in [6.45, 7) is 0.755. The summed E-state index contributed by atoms with van der Waals surface area (Å²) >= 11 is 0. The number of aryl methyl sites for hydroxylation is 1. The van der Waals surface area contributed by atoms with E-state index >= 15 is 0 Å². The molecule has 0 saturated heterocycles. The van der Waals surface area contributed by atoms with Crippen LogP contribution in [0.15, 0.2) is 48.5 Å². The number of anilines is 2. The molecule has 23 heavy (non-hydrogen) atoms. The van der Waals surface area contributed by atoms with Gasteiger partial charge in [-0.1, -0.05) is 24.3 Å². The van der Waals surface area contributed by atoms with E-state index in [-0.39, 0.29) is 5.91 Å². The van der Waals surface area contributed by atoms with Crippen molar-refractivity contribution in [1.82, 2.24) is 0 Å². The highest BCUT2D eigenvalue weighted by Crippen LogP contribution is 2.27. The summed E-state index contributed by atoms with van der Waals surface area (Å²) in [6.07, 6.45) is 5.41. The normalized spacial score (nSPS) is 13.9. The van der Waals surface area contributed by atoms with Crippen molar-refractivity contribution in [2.45, 2.75) is 12.8 Å². The number of ether oxygens (including phenoxy) is 1. The molecule has 4 heteroatoms. The molecule has 0 unspecified atom stereocenters. The number of rotatable bonds is 3.